The molecule has 4 bridgehead atoms. The van der Waals surface area contributed by atoms with Crippen molar-refractivity contribution in [2.45, 2.75) is 56.8 Å². The van der Waals surface area contributed by atoms with E-state index < -0.39 is 0 Å². The van der Waals surface area contributed by atoms with E-state index >= 15 is 0 Å². The first-order valence-corrected chi connectivity index (χ1v) is 27.0. The van der Waals surface area contributed by atoms with Gasteiger partial charge in [0.05, 0.1) is 22.4 Å². The summed E-state index contributed by atoms with van der Waals surface area (Å²) in [6.07, 6.45) is 8.73. The summed E-state index contributed by atoms with van der Waals surface area (Å²) in [5.41, 5.74) is 15.1. The van der Waals surface area contributed by atoms with Crippen LogP contribution < -0.4 is 14.5 Å². The topological polar surface area (TPSA) is 33.5 Å². The van der Waals surface area contributed by atoms with Gasteiger partial charge in [-0.2, -0.15) is 0 Å². The van der Waals surface area contributed by atoms with Gasteiger partial charge in [0.15, 0.2) is 0 Å². The van der Waals surface area contributed by atoms with Crippen molar-refractivity contribution in [2.24, 2.45) is 23.7 Å². The highest BCUT2D eigenvalue weighted by atomic mass is 16.5. The Morgan fingerprint density at radius 2 is 1.11 bits per heavy atom. The summed E-state index contributed by atoms with van der Waals surface area (Å²) in [5.74, 6) is 5.39. The number of pyridine rings is 1. The van der Waals surface area contributed by atoms with E-state index in [-0.39, 0.29) is 10.8 Å². The van der Waals surface area contributed by atoms with Gasteiger partial charge in [0.25, 0.3) is 0 Å². The average Bonchev–Trinajstić information content (AvgIpc) is 4.07. The summed E-state index contributed by atoms with van der Waals surface area (Å²) >= 11 is 0. The first-order valence-electron chi connectivity index (χ1n) is 27.0. The molecule has 0 spiro atoms. The van der Waals surface area contributed by atoms with Crippen LogP contribution >= 0.6 is 0 Å². The first-order chi connectivity index (χ1) is 36.4. The largest absolute Gasteiger partial charge is 0.457 e. The van der Waals surface area contributed by atoms with E-state index in [1.54, 1.807) is 0 Å². The van der Waals surface area contributed by atoms with Crippen LogP contribution in [0.5, 0.6) is 11.5 Å². The van der Waals surface area contributed by atoms with E-state index in [1.165, 1.54) is 115 Å². The van der Waals surface area contributed by atoms with Crippen molar-refractivity contribution in [2.75, 3.05) is 16.5 Å². The van der Waals surface area contributed by atoms with E-state index in [0.717, 1.165) is 45.9 Å². The summed E-state index contributed by atoms with van der Waals surface area (Å²) in [6.45, 7) is 5.40. The van der Waals surface area contributed by atoms with Gasteiger partial charge in [-0.3, -0.25) is 4.57 Å². The molecule has 6 aliphatic rings. The Hall–Kier alpha value is -8.15. The summed E-state index contributed by atoms with van der Waals surface area (Å²) in [4.78, 5) is 10.1. The Labute approximate surface area is 432 Å². The van der Waals surface area contributed by atoms with Crippen LogP contribution in [0.1, 0.15) is 68.2 Å². The number of aromatic nitrogens is 2. The number of ether oxygens (including phenoxy) is 1. The van der Waals surface area contributed by atoms with Crippen molar-refractivity contribution in [3.05, 3.63) is 229 Å². The summed E-state index contributed by atoms with van der Waals surface area (Å²) in [7, 11) is 0. The van der Waals surface area contributed by atoms with E-state index in [9.17, 15) is 0 Å². The lowest BCUT2D eigenvalue weighted by Gasteiger charge is -2.62. The normalized spacial score (nSPS) is 22.0. The monoisotopic (exact) mass is 956 g/mol. The van der Waals surface area contributed by atoms with Crippen LogP contribution in [-0.4, -0.2) is 16.2 Å². The average molecular weight is 957 g/mol. The molecule has 5 nitrogen and oxygen atoms in total. The molecule has 0 atom stereocenters. The summed E-state index contributed by atoms with van der Waals surface area (Å²) in [5, 5.41) is 7.80. The molecule has 0 amide bonds. The molecule has 11 aromatic rings. The van der Waals surface area contributed by atoms with Crippen LogP contribution in [0.2, 0.25) is 0 Å². The first kappa shape index (κ1) is 42.4. The molecule has 0 N–H and O–H groups in total. The van der Waals surface area contributed by atoms with Crippen LogP contribution in [-0.2, 0) is 10.8 Å². The van der Waals surface area contributed by atoms with Gasteiger partial charge in [-0.25, -0.2) is 4.98 Å². The minimum Gasteiger partial charge on any atom is -0.457 e. The smallest absolute Gasteiger partial charge is 0.137 e. The molecule has 0 radical (unpaired) electrons. The highest BCUT2D eigenvalue weighted by molar-refractivity contribution is 6.10. The number of nitrogens with zero attached hydrogens (tertiary/aromatic N) is 4. The fraction of sp³-hybridized carbons (Fsp3) is 0.203. The standard InChI is InChI=1S/C69H56N4O/c1-68(2)60-20-7-5-17-55(60)57-29-26-50(40-62(57)68)72-42-71(64-23-9-10-24-65(64)72)49-14-11-15-51(39-49)74-52-27-30-59-58-18-6-8-22-63(58)73(66(59)41-52)67-38-46(31-32-70-67)69(47-34-43-33-44(36-47)37-48(69)35-43)61-21-12-19-54-53-16-4-3-13-45(53)25-28-56(54)61/h3-32,38-41,43-44,47-48H,33-37,42H2,1-2H3. The van der Waals surface area contributed by atoms with Crippen molar-refractivity contribution >= 4 is 66.1 Å². The van der Waals surface area contributed by atoms with Crippen molar-refractivity contribution in [3.8, 4) is 28.4 Å². The van der Waals surface area contributed by atoms with E-state index in [4.69, 9.17) is 9.72 Å². The molecule has 5 heteroatoms. The number of rotatable bonds is 7. The van der Waals surface area contributed by atoms with Crippen molar-refractivity contribution < 1.29 is 4.74 Å². The molecular weight excluding hydrogens is 901 g/mol. The molecule has 0 unspecified atom stereocenters. The van der Waals surface area contributed by atoms with Gasteiger partial charge >= 0.3 is 0 Å². The second-order valence-corrected chi connectivity index (χ2v) is 22.8. The number of benzene rings is 9. The quantitative estimate of drug-likeness (QED) is 0.149. The Kier molecular flexibility index (Phi) is 8.98. The van der Waals surface area contributed by atoms with Gasteiger partial charge in [-0.05, 0) is 177 Å². The number of para-hydroxylation sites is 3. The maximum absolute atomic E-state index is 6.93. The molecule has 4 fully saturated rings. The molecule has 0 saturated heterocycles. The Morgan fingerprint density at radius 1 is 0.459 bits per heavy atom. The maximum Gasteiger partial charge on any atom is 0.137 e. The predicted octanol–water partition coefficient (Wildman–Crippen LogP) is 17.6. The second-order valence-electron chi connectivity index (χ2n) is 22.8. The lowest BCUT2D eigenvalue weighted by atomic mass is 9.42. The molecular formula is C69H56N4O. The minimum absolute atomic E-state index is 0.0733. The van der Waals surface area contributed by atoms with Gasteiger partial charge in [-0.1, -0.05) is 135 Å². The Morgan fingerprint density at radius 3 is 1.95 bits per heavy atom. The summed E-state index contributed by atoms with van der Waals surface area (Å²) < 4.78 is 9.33. The van der Waals surface area contributed by atoms with Crippen LogP contribution in [0, 0.1) is 23.7 Å². The fourth-order valence-electron chi connectivity index (χ4n) is 15.8. The third kappa shape index (κ3) is 6.01. The predicted molar refractivity (Wildman–Crippen MR) is 304 cm³/mol. The number of hydrogen-bond acceptors (Lipinski definition) is 4. The van der Waals surface area contributed by atoms with Gasteiger partial charge in [0.2, 0.25) is 0 Å². The van der Waals surface area contributed by atoms with Gasteiger partial charge in [0, 0.05) is 51.3 Å². The highest BCUT2D eigenvalue weighted by Crippen LogP contribution is 2.66. The molecule has 2 aromatic heterocycles. The van der Waals surface area contributed by atoms with E-state index in [0.29, 0.717) is 18.5 Å². The molecule has 9 aromatic carbocycles. The number of anilines is 4. The number of hydrogen-bond donors (Lipinski definition) is 0. The van der Waals surface area contributed by atoms with Gasteiger partial charge < -0.3 is 14.5 Å². The van der Waals surface area contributed by atoms with Crippen molar-refractivity contribution in [1.82, 2.24) is 9.55 Å². The molecule has 1 aliphatic heterocycles. The Balaban J connectivity index is 0.770. The summed E-state index contributed by atoms with van der Waals surface area (Å²) in [6, 6.07) is 74.4. The molecule has 3 heterocycles. The Bertz CT molecular complexity index is 4100. The van der Waals surface area contributed by atoms with E-state index in [2.05, 4.69) is 235 Å². The molecule has 74 heavy (non-hydrogen) atoms. The number of fused-ring (bicyclic) bond motifs is 10. The van der Waals surface area contributed by atoms with Crippen molar-refractivity contribution in [1.29, 1.82) is 0 Å². The molecule has 17 rings (SSSR count). The van der Waals surface area contributed by atoms with Gasteiger partial charge in [0.1, 0.15) is 24.0 Å². The fourth-order valence-corrected chi connectivity index (χ4v) is 15.8. The van der Waals surface area contributed by atoms with Crippen molar-refractivity contribution in [3.63, 3.8) is 0 Å². The van der Waals surface area contributed by atoms with Crippen LogP contribution in [0.15, 0.2) is 206 Å². The molecule has 4 saturated carbocycles. The van der Waals surface area contributed by atoms with Gasteiger partial charge in [-0.15, -0.1) is 0 Å². The zero-order chi connectivity index (χ0) is 48.9. The van der Waals surface area contributed by atoms with Crippen LogP contribution in [0.4, 0.5) is 22.7 Å². The molecule has 5 aliphatic carbocycles. The third-order valence-electron chi connectivity index (χ3n) is 18.7. The maximum atomic E-state index is 6.93. The van der Waals surface area contributed by atoms with Crippen LogP contribution in [0.3, 0.4) is 0 Å². The zero-order valence-electron chi connectivity index (χ0n) is 41.9. The molecule has 358 valence electrons. The lowest BCUT2D eigenvalue weighted by molar-refractivity contribution is -0.0412. The zero-order valence-corrected chi connectivity index (χ0v) is 41.9. The third-order valence-corrected chi connectivity index (χ3v) is 18.7. The highest BCUT2D eigenvalue weighted by Gasteiger charge is 2.59. The lowest BCUT2D eigenvalue weighted by Crippen LogP contribution is -2.56. The van der Waals surface area contributed by atoms with E-state index in [1.807, 2.05) is 0 Å². The van der Waals surface area contributed by atoms with Crippen LogP contribution in [0.25, 0.3) is 60.3 Å². The SMILES string of the molecule is CC1(C)c2ccccc2-c2ccc(N3CN(c4cccc(Oc5ccc6c7ccccc7n(-c7cc(C8(c9cccc%10c9ccc9ccccc9%10)C9CC%10CC(C9)CC8C%10)ccn7)c6c5)c4)c4ccccc43)cc21. The second kappa shape index (κ2) is 15.7. The minimum atomic E-state index is -0.108.